The van der Waals surface area contributed by atoms with Gasteiger partial charge in [0, 0.05) is 51.6 Å². The molecule has 6 nitrogen and oxygen atoms in total. The lowest BCUT2D eigenvalue weighted by Gasteiger charge is -2.34. The smallest absolute Gasteiger partial charge is 0.227 e. The summed E-state index contributed by atoms with van der Waals surface area (Å²) < 4.78 is 0. The molecule has 140 valence electrons. The van der Waals surface area contributed by atoms with Crippen molar-refractivity contribution in [2.45, 2.75) is 26.7 Å². The quantitative estimate of drug-likeness (QED) is 0.825. The molecule has 2 heterocycles. The summed E-state index contributed by atoms with van der Waals surface area (Å²) in [6.45, 7) is 7.31. The zero-order chi connectivity index (χ0) is 18.7. The van der Waals surface area contributed by atoms with E-state index in [1.165, 1.54) is 0 Å². The number of carbonyl (C=O) groups is 1. The molecule has 1 aromatic heterocycles. The Bertz CT molecular complexity index is 764. The van der Waals surface area contributed by atoms with E-state index < -0.39 is 0 Å². The van der Waals surface area contributed by atoms with Crippen LogP contribution in [-0.4, -0.2) is 61.0 Å². The SMILES string of the molecule is CCN(CC)C(=O)C1CCN(c2nc(N(C)C)c3ccccc3n2)CC1. The van der Waals surface area contributed by atoms with E-state index in [1.54, 1.807) is 0 Å². The van der Waals surface area contributed by atoms with E-state index in [0.29, 0.717) is 5.91 Å². The zero-order valence-electron chi connectivity index (χ0n) is 16.3. The van der Waals surface area contributed by atoms with Gasteiger partial charge >= 0.3 is 0 Å². The highest BCUT2D eigenvalue weighted by Gasteiger charge is 2.28. The summed E-state index contributed by atoms with van der Waals surface area (Å²) in [6.07, 6.45) is 1.73. The van der Waals surface area contributed by atoms with Gasteiger partial charge in [-0.05, 0) is 38.8 Å². The third-order valence-electron chi connectivity index (χ3n) is 5.20. The minimum atomic E-state index is 0.125. The van der Waals surface area contributed by atoms with Crippen LogP contribution >= 0.6 is 0 Å². The number of aromatic nitrogens is 2. The molecule has 0 bridgehead atoms. The van der Waals surface area contributed by atoms with E-state index in [1.807, 2.05) is 55.9 Å². The molecule has 1 aliphatic heterocycles. The van der Waals surface area contributed by atoms with Gasteiger partial charge in [-0.3, -0.25) is 4.79 Å². The molecule has 0 atom stereocenters. The Kier molecular flexibility index (Phi) is 5.59. The van der Waals surface area contributed by atoms with E-state index in [-0.39, 0.29) is 5.92 Å². The second kappa shape index (κ2) is 7.89. The normalized spacial score (nSPS) is 15.3. The van der Waals surface area contributed by atoms with Crippen LogP contribution in [0.1, 0.15) is 26.7 Å². The van der Waals surface area contributed by atoms with Gasteiger partial charge in [0.05, 0.1) is 5.52 Å². The lowest BCUT2D eigenvalue weighted by molar-refractivity contribution is -0.135. The number of anilines is 2. The number of nitrogens with zero attached hydrogens (tertiary/aromatic N) is 5. The Labute approximate surface area is 155 Å². The number of para-hydroxylation sites is 1. The number of carbonyl (C=O) groups excluding carboxylic acids is 1. The molecular formula is C20H29N5O. The molecular weight excluding hydrogens is 326 g/mol. The van der Waals surface area contributed by atoms with Gasteiger partial charge in [-0.15, -0.1) is 0 Å². The molecule has 1 fully saturated rings. The molecule has 2 aromatic rings. The minimum Gasteiger partial charge on any atom is -0.362 e. The largest absolute Gasteiger partial charge is 0.362 e. The second-order valence-corrected chi connectivity index (χ2v) is 7.03. The van der Waals surface area contributed by atoms with Crippen molar-refractivity contribution in [1.29, 1.82) is 0 Å². The number of hydrogen-bond acceptors (Lipinski definition) is 5. The topological polar surface area (TPSA) is 52.6 Å². The first-order valence-corrected chi connectivity index (χ1v) is 9.53. The second-order valence-electron chi connectivity index (χ2n) is 7.03. The molecule has 3 rings (SSSR count). The average Bonchev–Trinajstić information content (AvgIpc) is 2.68. The van der Waals surface area contributed by atoms with Crippen LogP contribution in [0, 0.1) is 5.92 Å². The molecule has 0 saturated carbocycles. The molecule has 6 heteroatoms. The molecule has 0 aliphatic carbocycles. The molecule has 1 aliphatic rings. The van der Waals surface area contributed by atoms with Crippen molar-refractivity contribution in [2.24, 2.45) is 5.92 Å². The average molecular weight is 355 g/mol. The summed E-state index contributed by atoms with van der Waals surface area (Å²) >= 11 is 0. The molecule has 1 saturated heterocycles. The van der Waals surface area contributed by atoms with E-state index in [4.69, 9.17) is 9.97 Å². The fraction of sp³-hybridized carbons (Fsp3) is 0.550. The van der Waals surface area contributed by atoms with Crippen LogP contribution in [-0.2, 0) is 4.79 Å². The van der Waals surface area contributed by atoms with E-state index >= 15 is 0 Å². The standard InChI is InChI=1S/C20H29N5O/c1-5-24(6-2)19(26)15-11-13-25(14-12-15)20-21-17-10-8-7-9-16(17)18(22-20)23(3)4/h7-10,15H,5-6,11-14H2,1-4H3. The predicted molar refractivity (Wildman–Crippen MR) is 107 cm³/mol. The molecule has 0 N–H and O–H groups in total. The van der Waals surface area contributed by atoms with E-state index in [2.05, 4.69) is 11.0 Å². The molecule has 1 aromatic carbocycles. The maximum atomic E-state index is 12.6. The van der Waals surface area contributed by atoms with Gasteiger partial charge < -0.3 is 14.7 Å². The Hall–Kier alpha value is -2.37. The first-order valence-electron chi connectivity index (χ1n) is 9.53. The van der Waals surface area contributed by atoms with Crippen molar-refractivity contribution in [1.82, 2.24) is 14.9 Å². The summed E-state index contributed by atoms with van der Waals surface area (Å²) in [5.41, 5.74) is 0.961. The van der Waals surface area contributed by atoms with Crippen molar-refractivity contribution >= 4 is 28.6 Å². The fourth-order valence-electron chi connectivity index (χ4n) is 3.65. The van der Waals surface area contributed by atoms with Gasteiger partial charge in [-0.2, -0.15) is 4.98 Å². The van der Waals surface area contributed by atoms with Gasteiger partial charge in [0.1, 0.15) is 5.82 Å². The first kappa shape index (κ1) is 18.4. The molecule has 0 spiro atoms. The molecule has 26 heavy (non-hydrogen) atoms. The maximum Gasteiger partial charge on any atom is 0.227 e. The first-order chi connectivity index (χ1) is 12.5. The zero-order valence-corrected chi connectivity index (χ0v) is 16.3. The Morgan fingerprint density at radius 2 is 1.77 bits per heavy atom. The van der Waals surface area contributed by atoms with Gasteiger partial charge in [0.15, 0.2) is 0 Å². The van der Waals surface area contributed by atoms with Crippen LogP contribution in [0.2, 0.25) is 0 Å². The van der Waals surface area contributed by atoms with Gasteiger partial charge in [0.25, 0.3) is 0 Å². The number of rotatable bonds is 5. The summed E-state index contributed by atoms with van der Waals surface area (Å²) in [7, 11) is 4.01. The number of hydrogen-bond donors (Lipinski definition) is 0. The van der Waals surface area contributed by atoms with Crippen molar-refractivity contribution in [3.8, 4) is 0 Å². The summed E-state index contributed by atoms with van der Waals surface area (Å²) in [5, 5.41) is 1.06. The van der Waals surface area contributed by atoms with E-state index in [0.717, 1.165) is 61.7 Å². The van der Waals surface area contributed by atoms with Crippen LogP contribution in [0.5, 0.6) is 0 Å². The third-order valence-corrected chi connectivity index (χ3v) is 5.20. The Balaban J connectivity index is 1.78. The van der Waals surface area contributed by atoms with Crippen molar-refractivity contribution in [2.75, 3.05) is 50.1 Å². The number of piperidine rings is 1. The maximum absolute atomic E-state index is 12.6. The van der Waals surface area contributed by atoms with Gasteiger partial charge in [-0.1, -0.05) is 12.1 Å². The summed E-state index contributed by atoms with van der Waals surface area (Å²) in [6, 6.07) is 8.11. The highest BCUT2D eigenvalue weighted by molar-refractivity contribution is 5.90. The fourth-order valence-corrected chi connectivity index (χ4v) is 3.65. The van der Waals surface area contributed by atoms with Gasteiger partial charge in [-0.25, -0.2) is 4.98 Å². The van der Waals surface area contributed by atoms with Crippen LogP contribution in [0.4, 0.5) is 11.8 Å². The lowest BCUT2D eigenvalue weighted by atomic mass is 9.95. The van der Waals surface area contributed by atoms with Crippen molar-refractivity contribution < 1.29 is 4.79 Å². The predicted octanol–water partition coefficient (Wildman–Crippen LogP) is 2.78. The summed E-state index contributed by atoms with van der Waals surface area (Å²) in [5.74, 6) is 2.12. The van der Waals surface area contributed by atoms with Gasteiger partial charge in [0.2, 0.25) is 11.9 Å². The highest BCUT2D eigenvalue weighted by atomic mass is 16.2. The lowest BCUT2D eigenvalue weighted by Crippen LogP contribution is -2.43. The Morgan fingerprint density at radius 3 is 2.38 bits per heavy atom. The number of fused-ring (bicyclic) bond motifs is 1. The molecule has 1 amide bonds. The van der Waals surface area contributed by atoms with Crippen LogP contribution in [0.25, 0.3) is 10.9 Å². The highest BCUT2D eigenvalue weighted by Crippen LogP contribution is 2.28. The third kappa shape index (κ3) is 3.59. The minimum absolute atomic E-state index is 0.125. The molecule has 0 radical (unpaired) electrons. The number of benzene rings is 1. The molecule has 0 unspecified atom stereocenters. The summed E-state index contributed by atoms with van der Waals surface area (Å²) in [4.78, 5) is 28.4. The monoisotopic (exact) mass is 355 g/mol. The van der Waals surface area contributed by atoms with Crippen LogP contribution in [0.3, 0.4) is 0 Å². The van der Waals surface area contributed by atoms with Crippen molar-refractivity contribution in [3.63, 3.8) is 0 Å². The van der Waals surface area contributed by atoms with E-state index in [9.17, 15) is 4.79 Å². The van der Waals surface area contributed by atoms with Crippen LogP contribution in [0.15, 0.2) is 24.3 Å². The van der Waals surface area contributed by atoms with Crippen molar-refractivity contribution in [3.05, 3.63) is 24.3 Å². The number of amides is 1. The van der Waals surface area contributed by atoms with Crippen LogP contribution < -0.4 is 9.80 Å². The Morgan fingerprint density at radius 1 is 1.12 bits per heavy atom.